The van der Waals surface area contributed by atoms with E-state index in [1.807, 2.05) is 24.4 Å². The van der Waals surface area contributed by atoms with Gasteiger partial charge in [-0.25, -0.2) is 4.79 Å². The molecular weight excluding hydrogens is 370 g/mol. The number of benzene rings is 1. The molecule has 2 aromatic heterocycles. The Balaban J connectivity index is 1.48. The van der Waals surface area contributed by atoms with Gasteiger partial charge in [0.25, 0.3) is 5.91 Å². The van der Waals surface area contributed by atoms with Gasteiger partial charge in [-0.05, 0) is 49.4 Å². The molecule has 7 nitrogen and oxygen atoms in total. The van der Waals surface area contributed by atoms with Gasteiger partial charge < -0.3 is 20.0 Å². The number of piperidine rings is 1. The predicted octanol–water partition coefficient (Wildman–Crippen LogP) is 2.22. The molecule has 1 aliphatic heterocycles. The third-order valence-electron chi connectivity index (χ3n) is 5.33. The Labute approximate surface area is 167 Å². The summed E-state index contributed by atoms with van der Waals surface area (Å²) in [6, 6.07) is 9.15. The zero-order chi connectivity index (χ0) is 20.4. The molecule has 7 heteroatoms. The van der Waals surface area contributed by atoms with E-state index in [4.69, 9.17) is 4.42 Å². The third-order valence-corrected chi connectivity index (χ3v) is 5.33. The molecule has 0 saturated carbocycles. The monoisotopic (exact) mass is 393 g/mol. The minimum atomic E-state index is -0.673. The molecule has 0 spiro atoms. The molecule has 1 saturated heterocycles. The molecule has 3 aromatic rings. The Kier molecular flexibility index (Phi) is 5.20. The van der Waals surface area contributed by atoms with Crippen LogP contribution >= 0.6 is 0 Å². The van der Waals surface area contributed by atoms with Gasteiger partial charge in [-0.3, -0.25) is 9.59 Å². The Hall–Kier alpha value is -3.35. The number of aryl methyl sites for hydroxylation is 3. The standard InChI is InChI=1S/C22H23N3O4/c1-13-11-15(9-8-14-12-24-17-6-3-2-5-16(14)17)29-22(28)19(13)21(27)25-18-7-4-10-23-20(18)26/h2-3,5-6,11-12,18,24H,4,7-10H2,1H3,(H,23,26)(H,25,27). The lowest BCUT2D eigenvalue weighted by molar-refractivity contribution is -0.124. The van der Waals surface area contributed by atoms with Crippen molar-refractivity contribution >= 4 is 22.7 Å². The molecule has 3 N–H and O–H groups in total. The van der Waals surface area contributed by atoms with Crippen molar-refractivity contribution in [1.82, 2.24) is 15.6 Å². The molecule has 150 valence electrons. The summed E-state index contributed by atoms with van der Waals surface area (Å²) in [5.74, 6) is -0.256. The number of aromatic amines is 1. The summed E-state index contributed by atoms with van der Waals surface area (Å²) in [4.78, 5) is 40.1. The minimum Gasteiger partial charge on any atom is -0.427 e. The van der Waals surface area contributed by atoms with Crippen LogP contribution in [0, 0.1) is 6.92 Å². The Morgan fingerprint density at radius 1 is 1.24 bits per heavy atom. The quantitative estimate of drug-likeness (QED) is 0.618. The summed E-state index contributed by atoms with van der Waals surface area (Å²) in [6.07, 6.45) is 4.57. The van der Waals surface area contributed by atoms with Crippen LogP contribution in [0.25, 0.3) is 10.9 Å². The van der Waals surface area contributed by atoms with E-state index in [9.17, 15) is 14.4 Å². The Morgan fingerprint density at radius 3 is 2.86 bits per heavy atom. The number of aromatic nitrogens is 1. The maximum atomic E-state index is 12.5. The molecule has 1 aliphatic rings. The first-order valence-corrected chi connectivity index (χ1v) is 9.80. The summed E-state index contributed by atoms with van der Waals surface area (Å²) in [5.41, 5.74) is 2.04. The number of hydrogen-bond donors (Lipinski definition) is 3. The van der Waals surface area contributed by atoms with Crippen molar-refractivity contribution in [3.63, 3.8) is 0 Å². The largest absolute Gasteiger partial charge is 0.427 e. The van der Waals surface area contributed by atoms with Crippen LogP contribution in [-0.4, -0.2) is 29.4 Å². The summed E-state index contributed by atoms with van der Waals surface area (Å²) >= 11 is 0. The van der Waals surface area contributed by atoms with Crippen LogP contribution in [0.2, 0.25) is 0 Å². The molecule has 0 aliphatic carbocycles. The number of para-hydroxylation sites is 1. The minimum absolute atomic E-state index is 0.0424. The van der Waals surface area contributed by atoms with E-state index in [1.165, 1.54) is 0 Å². The second-order valence-corrected chi connectivity index (χ2v) is 7.38. The first-order chi connectivity index (χ1) is 14.0. The lowest BCUT2D eigenvalue weighted by atomic mass is 10.0. The van der Waals surface area contributed by atoms with Gasteiger partial charge in [-0.1, -0.05) is 18.2 Å². The maximum Gasteiger partial charge on any atom is 0.349 e. The highest BCUT2D eigenvalue weighted by Crippen LogP contribution is 2.20. The fraction of sp³-hybridized carbons (Fsp3) is 0.318. The number of carbonyl (C=O) groups is 2. The topological polar surface area (TPSA) is 104 Å². The van der Waals surface area contributed by atoms with E-state index in [1.54, 1.807) is 13.0 Å². The molecule has 0 bridgehead atoms. The van der Waals surface area contributed by atoms with Crippen LogP contribution < -0.4 is 16.3 Å². The molecule has 29 heavy (non-hydrogen) atoms. The van der Waals surface area contributed by atoms with E-state index in [-0.39, 0.29) is 11.5 Å². The van der Waals surface area contributed by atoms with Crippen LogP contribution in [0.4, 0.5) is 0 Å². The molecule has 1 fully saturated rings. The molecule has 1 atom stereocenters. The molecule has 3 heterocycles. The van der Waals surface area contributed by atoms with Crippen LogP contribution in [0.15, 0.2) is 45.7 Å². The number of amides is 2. The summed E-state index contributed by atoms with van der Waals surface area (Å²) < 4.78 is 5.41. The molecule has 1 unspecified atom stereocenters. The number of H-pyrrole nitrogens is 1. The van der Waals surface area contributed by atoms with E-state index in [0.717, 1.165) is 22.9 Å². The molecule has 2 amide bonds. The van der Waals surface area contributed by atoms with Gasteiger partial charge in [0.15, 0.2) is 0 Å². The fourth-order valence-corrected chi connectivity index (χ4v) is 3.81. The molecule has 0 radical (unpaired) electrons. The van der Waals surface area contributed by atoms with E-state index < -0.39 is 17.6 Å². The van der Waals surface area contributed by atoms with E-state index >= 15 is 0 Å². The lowest BCUT2D eigenvalue weighted by Gasteiger charge is -2.22. The summed E-state index contributed by atoms with van der Waals surface area (Å²) in [5, 5.41) is 6.50. The van der Waals surface area contributed by atoms with Crippen LogP contribution in [0.3, 0.4) is 0 Å². The predicted molar refractivity (Wildman–Crippen MR) is 109 cm³/mol. The van der Waals surface area contributed by atoms with E-state index in [2.05, 4.69) is 21.7 Å². The fourth-order valence-electron chi connectivity index (χ4n) is 3.81. The normalized spacial score (nSPS) is 16.6. The SMILES string of the molecule is Cc1cc(CCc2c[nH]c3ccccc23)oc(=O)c1C(=O)NC1CCCNC1=O. The number of rotatable bonds is 5. The zero-order valence-corrected chi connectivity index (χ0v) is 16.2. The number of hydrogen-bond acceptors (Lipinski definition) is 4. The smallest absolute Gasteiger partial charge is 0.349 e. The van der Waals surface area contributed by atoms with Crippen molar-refractivity contribution in [2.45, 2.75) is 38.6 Å². The van der Waals surface area contributed by atoms with Crippen LogP contribution in [0.5, 0.6) is 0 Å². The maximum absolute atomic E-state index is 12.5. The van der Waals surface area contributed by atoms with Crippen molar-refractivity contribution in [3.05, 3.63) is 69.4 Å². The third kappa shape index (κ3) is 3.94. The van der Waals surface area contributed by atoms with Gasteiger partial charge in [0, 0.05) is 30.1 Å². The summed E-state index contributed by atoms with van der Waals surface area (Å²) in [7, 11) is 0. The van der Waals surface area contributed by atoms with Gasteiger partial charge in [0.1, 0.15) is 17.4 Å². The highest BCUT2D eigenvalue weighted by molar-refractivity contribution is 5.98. The van der Waals surface area contributed by atoms with Crippen LogP contribution in [-0.2, 0) is 17.6 Å². The number of carbonyl (C=O) groups excluding carboxylic acids is 2. The Bertz CT molecular complexity index is 1130. The summed E-state index contributed by atoms with van der Waals surface area (Å²) in [6.45, 7) is 2.32. The van der Waals surface area contributed by atoms with Crippen molar-refractivity contribution in [1.29, 1.82) is 0 Å². The number of nitrogens with one attached hydrogen (secondary N) is 3. The average Bonchev–Trinajstić information content (AvgIpc) is 3.11. The second kappa shape index (κ2) is 7.95. The van der Waals surface area contributed by atoms with E-state index in [0.29, 0.717) is 37.1 Å². The highest BCUT2D eigenvalue weighted by Gasteiger charge is 2.26. The van der Waals surface area contributed by atoms with Crippen molar-refractivity contribution < 1.29 is 14.0 Å². The molecule has 1 aromatic carbocycles. The van der Waals surface area contributed by atoms with Gasteiger partial charge in [0.05, 0.1) is 0 Å². The van der Waals surface area contributed by atoms with Gasteiger partial charge >= 0.3 is 5.63 Å². The number of fused-ring (bicyclic) bond motifs is 1. The van der Waals surface area contributed by atoms with Crippen LogP contribution in [0.1, 0.15) is 40.1 Å². The molecular formula is C22H23N3O4. The van der Waals surface area contributed by atoms with Crippen molar-refractivity contribution in [3.8, 4) is 0 Å². The Morgan fingerprint density at radius 2 is 2.07 bits per heavy atom. The second-order valence-electron chi connectivity index (χ2n) is 7.38. The lowest BCUT2D eigenvalue weighted by Crippen LogP contribution is -2.50. The highest BCUT2D eigenvalue weighted by atomic mass is 16.4. The van der Waals surface area contributed by atoms with Crippen molar-refractivity contribution in [2.24, 2.45) is 0 Å². The van der Waals surface area contributed by atoms with Crippen molar-refractivity contribution in [2.75, 3.05) is 6.54 Å². The van der Waals surface area contributed by atoms with Gasteiger partial charge in [0.2, 0.25) is 5.91 Å². The molecule has 4 rings (SSSR count). The first-order valence-electron chi connectivity index (χ1n) is 9.80. The van der Waals surface area contributed by atoms with Gasteiger partial charge in [-0.2, -0.15) is 0 Å². The zero-order valence-electron chi connectivity index (χ0n) is 16.2. The average molecular weight is 393 g/mol. The van der Waals surface area contributed by atoms with Gasteiger partial charge in [-0.15, -0.1) is 0 Å². The first kappa shape index (κ1) is 19.0.